The lowest BCUT2D eigenvalue weighted by Crippen LogP contribution is -2.11. The number of aromatic nitrogens is 1. The summed E-state index contributed by atoms with van der Waals surface area (Å²) in [5.41, 5.74) is 1.94. The first kappa shape index (κ1) is 10.9. The molecule has 0 aromatic carbocycles. The highest BCUT2D eigenvalue weighted by molar-refractivity contribution is 5.71. The molecular weight excluding hydrogens is 206 g/mol. The normalized spacial score (nSPS) is 17.8. The zero-order valence-electron chi connectivity index (χ0n) is 9.53. The number of carbonyl (C=O) groups excluding carboxylic acids is 1. The Bertz CT molecular complexity index is 403. The van der Waals surface area contributed by atoms with Gasteiger partial charge in [-0.3, -0.25) is 9.78 Å². The summed E-state index contributed by atoms with van der Waals surface area (Å²) < 4.78 is 10.5. The molecule has 1 aromatic heterocycles. The molecule has 2 heterocycles. The third-order valence-corrected chi connectivity index (χ3v) is 2.63. The molecule has 0 amide bonds. The summed E-state index contributed by atoms with van der Waals surface area (Å²) in [7, 11) is 0. The summed E-state index contributed by atoms with van der Waals surface area (Å²) in [6.45, 7) is 4.69. The molecule has 0 saturated heterocycles. The van der Waals surface area contributed by atoms with Gasteiger partial charge in [0.1, 0.15) is 5.75 Å². The maximum absolute atomic E-state index is 11.4. The van der Waals surface area contributed by atoms with Crippen LogP contribution in [0, 0.1) is 6.92 Å². The first-order chi connectivity index (χ1) is 7.70. The average Bonchev–Trinajstić information content (AvgIpc) is 2.61. The van der Waals surface area contributed by atoms with E-state index in [1.165, 1.54) is 0 Å². The van der Waals surface area contributed by atoms with Gasteiger partial charge in [0.2, 0.25) is 0 Å². The van der Waals surface area contributed by atoms with Crippen molar-refractivity contribution in [1.29, 1.82) is 0 Å². The van der Waals surface area contributed by atoms with Crippen molar-refractivity contribution in [3.8, 4) is 5.75 Å². The van der Waals surface area contributed by atoms with Gasteiger partial charge >= 0.3 is 5.97 Å². The average molecular weight is 221 g/mol. The molecule has 4 heteroatoms. The van der Waals surface area contributed by atoms with E-state index in [9.17, 15) is 4.79 Å². The molecule has 2 rings (SSSR count). The van der Waals surface area contributed by atoms with E-state index >= 15 is 0 Å². The Labute approximate surface area is 94.6 Å². The number of ether oxygens (including phenoxy) is 2. The van der Waals surface area contributed by atoms with Crippen molar-refractivity contribution in [3.05, 3.63) is 23.5 Å². The fourth-order valence-corrected chi connectivity index (χ4v) is 1.85. The van der Waals surface area contributed by atoms with Crippen molar-refractivity contribution < 1.29 is 14.3 Å². The Morgan fingerprint density at radius 2 is 2.50 bits per heavy atom. The minimum absolute atomic E-state index is 0.0853. The van der Waals surface area contributed by atoms with Crippen LogP contribution in [0.5, 0.6) is 5.75 Å². The van der Waals surface area contributed by atoms with Crippen LogP contribution in [0.2, 0.25) is 0 Å². The number of nitrogens with zero attached hydrogens (tertiary/aromatic N) is 1. The lowest BCUT2D eigenvalue weighted by atomic mass is 9.99. The highest BCUT2D eigenvalue weighted by Crippen LogP contribution is 2.35. The summed E-state index contributed by atoms with van der Waals surface area (Å²) in [6.07, 6.45) is 2.16. The number of rotatable bonds is 3. The van der Waals surface area contributed by atoms with Gasteiger partial charge < -0.3 is 9.47 Å². The predicted octanol–water partition coefficient (Wildman–Crippen LogP) is 1.82. The second kappa shape index (κ2) is 4.51. The zero-order valence-corrected chi connectivity index (χ0v) is 9.53. The number of carbonyl (C=O) groups is 1. The van der Waals surface area contributed by atoms with Crippen LogP contribution in [-0.2, 0) is 9.53 Å². The molecule has 0 radical (unpaired) electrons. The molecule has 1 aliphatic heterocycles. The van der Waals surface area contributed by atoms with Crippen molar-refractivity contribution in [2.45, 2.75) is 26.2 Å². The summed E-state index contributed by atoms with van der Waals surface area (Å²) in [5.74, 6) is 0.758. The summed E-state index contributed by atoms with van der Waals surface area (Å²) >= 11 is 0. The Kier molecular flexibility index (Phi) is 3.08. The number of esters is 1. The van der Waals surface area contributed by atoms with Gasteiger partial charge in [-0.2, -0.15) is 0 Å². The molecular formula is C12H15NO3. The zero-order chi connectivity index (χ0) is 11.5. The second-order valence-corrected chi connectivity index (χ2v) is 3.88. The van der Waals surface area contributed by atoms with E-state index in [1.54, 1.807) is 6.20 Å². The van der Waals surface area contributed by atoms with Crippen LogP contribution in [0.1, 0.15) is 30.5 Å². The lowest BCUT2D eigenvalue weighted by molar-refractivity contribution is -0.143. The van der Waals surface area contributed by atoms with Crippen LogP contribution in [0.15, 0.2) is 12.3 Å². The van der Waals surface area contributed by atoms with E-state index in [4.69, 9.17) is 9.47 Å². The van der Waals surface area contributed by atoms with Gasteiger partial charge in [-0.1, -0.05) is 0 Å². The van der Waals surface area contributed by atoms with Gasteiger partial charge in [0.15, 0.2) is 0 Å². The van der Waals surface area contributed by atoms with E-state index in [0.29, 0.717) is 19.6 Å². The molecule has 0 aliphatic carbocycles. The monoisotopic (exact) mass is 221 g/mol. The molecule has 0 unspecified atom stereocenters. The molecule has 0 bridgehead atoms. The Morgan fingerprint density at radius 3 is 3.25 bits per heavy atom. The molecule has 0 N–H and O–H groups in total. The smallest absolute Gasteiger partial charge is 0.306 e. The maximum atomic E-state index is 11.4. The molecule has 16 heavy (non-hydrogen) atoms. The quantitative estimate of drug-likeness (QED) is 0.730. The largest absolute Gasteiger partial charge is 0.493 e. The van der Waals surface area contributed by atoms with Crippen LogP contribution in [0.25, 0.3) is 0 Å². The van der Waals surface area contributed by atoms with E-state index in [1.807, 2.05) is 19.9 Å². The number of hydrogen-bond acceptors (Lipinski definition) is 4. The molecule has 0 saturated carbocycles. The first-order valence-corrected chi connectivity index (χ1v) is 5.45. The van der Waals surface area contributed by atoms with E-state index < -0.39 is 0 Å². The third-order valence-electron chi connectivity index (χ3n) is 2.63. The second-order valence-electron chi connectivity index (χ2n) is 3.88. The topological polar surface area (TPSA) is 48.4 Å². The van der Waals surface area contributed by atoms with Crippen LogP contribution in [0.4, 0.5) is 0 Å². The Morgan fingerprint density at radius 1 is 1.69 bits per heavy atom. The van der Waals surface area contributed by atoms with Crippen LogP contribution >= 0.6 is 0 Å². The van der Waals surface area contributed by atoms with Crippen molar-refractivity contribution in [2.24, 2.45) is 0 Å². The van der Waals surface area contributed by atoms with E-state index in [2.05, 4.69) is 4.98 Å². The Balaban J connectivity index is 2.09. The number of hydrogen-bond donors (Lipinski definition) is 0. The van der Waals surface area contributed by atoms with Gasteiger partial charge in [0, 0.05) is 29.4 Å². The number of aryl methyl sites for hydroxylation is 1. The minimum atomic E-state index is -0.176. The SMILES string of the molecule is CCOC(=O)C[C@@H]1COc2cc(C)ncc21. The standard InChI is InChI=1S/C12H15NO3/c1-3-15-12(14)5-9-7-16-11-4-8(2)13-6-10(9)11/h4,6,9H,3,5,7H2,1-2H3/t9-/m1/s1. The maximum Gasteiger partial charge on any atom is 0.306 e. The highest BCUT2D eigenvalue weighted by atomic mass is 16.5. The third kappa shape index (κ3) is 2.15. The molecule has 86 valence electrons. The molecule has 1 atom stereocenters. The molecule has 1 aromatic rings. The van der Waals surface area contributed by atoms with Crippen molar-refractivity contribution in [1.82, 2.24) is 4.98 Å². The summed E-state index contributed by atoms with van der Waals surface area (Å²) in [6, 6.07) is 1.90. The molecule has 0 spiro atoms. The fraction of sp³-hybridized carbons (Fsp3) is 0.500. The highest BCUT2D eigenvalue weighted by Gasteiger charge is 2.27. The van der Waals surface area contributed by atoms with Gasteiger partial charge in [0.05, 0.1) is 19.6 Å². The first-order valence-electron chi connectivity index (χ1n) is 5.45. The molecule has 4 nitrogen and oxygen atoms in total. The summed E-state index contributed by atoms with van der Waals surface area (Å²) in [5, 5.41) is 0. The predicted molar refractivity (Wildman–Crippen MR) is 58.5 cm³/mol. The van der Waals surface area contributed by atoms with Crippen molar-refractivity contribution >= 4 is 5.97 Å². The van der Waals surface area contributed by atoms with Crippen molar-refractivity contribution in [3.63, 3.8) is 0 Å². The molecule has 1 aliphatic rings. The van der Waals surface area contributed by atoms with Gasteiger partial charge in [-0.05, 0) is 13.8 Å². The van der Waals surface area contributed by atoms with Crippen molar-refractivity contribution in [2.75, 3.05) is 13.2 Å². The number of fused-ring (bicyclic) bond motifs is 1. The number of pyridine rings is 1. The van der Waals surface area contributed by atoms with Gasteiger partial charge in [0.25, 0.3) is 0 Å². The lowest BCUT2D eigenvalue weighted by Gasteiger charge is -2.07. The van der Waals surface area contributed by atoms with E-state index in [-0.39, 0.29) is 11.9 Å². The van der Waals surface area contributed by atoms with E-state index in [0.717, 1.165) is 17.0 Å². The Hall–Kier alpha value is -1.58. The molecule has 0 fully saturated rings. The summed E-state index contributed by atoms with van der Waals surface area (Å²) in [4.78, 5) is 15.6. The van der Waals surface area contributed by atoms with Crippen LogP contribution in [-0.4, -0.2) is 24.2 Å². The fourth-order valence-electron chi connectivity index (χ4n) is 1.85. The van der Waals surface area contributed by atoms with Crippen LogP contribution < -0.4 is 4.74 Å². The van der Waals surface area contributed by atoms with Gasteiger partial charge in [-0.25, -0.2) is 0 Å². The minimum Gasteiger partial charge on any atom is -0.493 e. The van der Waals surface area contributed by atoms with Crippen LogP contribution in [0.3, 0.4) is 0 Å². The van der Waals surface area contributed by atoms with Gasteiger partial charge in [-0.15, -0.1) is 0 Å².